The smallest absolute Gasteiger partial charge is 0.160 e. The standard InChI is InChI=1S/C95H59N7/c96-60-79-90(81-59-80(65-35-15-5-16-36-65)97-95(98-81)66-37-17-6-18-38-66)92(100-83-44-24-20-40-72(83)76-56-68(48-52-87(76)100)62-29-9-2-10-30-62)94(102-85-46-26-22-42-74(85)78-58-70(50-54-89(78)102)64-33-13-4-14-34-64)93(101-84-45-25-21-41-73(84)77-57-69(49-53-88(77)101)63-31-11-3-12-32-63)91(79)99-82-43-23-19-39-71(82)75-55-67(47-51-86(75)99)61-27-7-1-8-28-61/h1-59H. The van der Waals surface area contributed by atoms with Crippen molar-refractivity contribution < 1.29 is 0 Å². The zero-order chi connectivity index (χ0) is 67.4. The lowest BCUT2D eigenvalue weighted by Gasteiger charge is -2.29. The molecule has 5 aromatic heterocycles. The fourth-order valence-corrected chi connectivity index (χ4v) is 16.1. The third-order valence-electron chi connectivity index (χ3n) is 20.6. The minimum Gasteiger partial charge on any atom is -0.306 e. The lowest BCUT2D eigenvalue weighted by Crippen LogP contribution is -2.17. The van der Waals surface area contributed by atoms with Gasteiger partial charge in [-0.05, 0) is 123 Å². The summed E-state index contributed by atoms with van der Waals surface area (Å²) in [6.45, 7) is 0. The number of aromatic nitrogens is 6. The number of nitrogens with zero attached hydrogens (tertiary/aromatic N) is 7. The van der Waals surface area contributed by atoms with Gasteiger partial charge in [0.2, 0.25) is 0 Å². The summed E-state index contributed by atoms with van der Waals surface area (Å²) in [6, 6.07) is 131. The van der Waals surface area contributed by atoms with E-state index < -0.39 is 0 Å². The van der Waals surface area contributed by atoms with Gasteiger partial charge in [0.25, 0.3) is 0 Å². The van der Waals surface area contributed by atoms with Crippen molar-refractivity contribution in [2.75, 3.05) is 0 Å². The molecule has 0 saturated carbocycles. The van der Waals surface area contributed by atoms with Crippen molar-refractivity contribution in [1.82, 2.24) is 28.2 Å². The van der Waals surface area contributed by atoms with Crippen LogP contribution in [0.3, 0.4) is 0 Å². The summed E-state index contributed by atoms with van der Waals surface area (Å²) in [6.07, 6.45) is 0. The van der Waals surface area contributed by atoms with E-state index in [4.69, 9.17) is 9.97 Å². The van der Waals surface area contributed by atoms with Crippen LogP contribution in [-0.4, -0.2) is 28.2 Å². The van der Waals surface area contributed by atoms with Crippen LogP contribution < -0.4 is 0 Å². The molecule has 0 amide bonds. The highest BCUT2D eigenvalue weighted by atomic mass is 15.1. The van der Waals surface area contributed by atoms with Gasteiger partial charge in [0, 0.05) is 59.8 Å². The van der Waals surface area contributed by atoms with Crippen LogP contribution in [0.5, 0.6) is 0 Å². The monoisotopic (exact) mass is 1300 g/mol. The minimum atomic E-state index is 0.418. The van der Waals surface area contributed by atoms with Crippen molar-refractivity contribution in [3.05, 3.63) is 363 Å². The number of nitriles is 1. The number of fused-ring (bicyclic) bond motifs is 12. The average molecular weight is 1300 g/mol. The topological polar surface area (TPSA) is 69.3 Å². The molecule has 0 fully saturated rings. The molecule has 0 N–H and O–H groups in total. The molecule has 15 aromatic carbocycles. The van der Waals surface area contributed by atoms with E-state index >= 15 is 0 Å². The summed E-state index contributed by atoms with van der Waals surface area (Å²) in [5.74, 6) is 0.524. The van der Waals surface area contributed by atoms with E-state index in [1.165, 1.54) is 0 Å². The van der Waals surface area contributed by atoms with Gasteiger partial charge in [-0.15, -0.1) is 0 Å². The van der Waals surface area contributed by atoms with Gasteiger partial charge in [0.15, 0.2) is 5.82 Å². The maximum absolute atomic E-state index is 13.6. The molecule has 0 aliphatic rings. The van der Waals surface area contributed by atoms with E-state index in [0.29, 0.717) is 34.0 Å². The summed E-state index contributed by atoms with van der Waals surface area (Å²) in [5, 5.41) is 22.1. The molecule has 0 saturated heterocycles. The number of hydrogen-bond acceptors (Lipinski definition) is 3. The molecule has 0 aliphatic heterocycles. The van der Waals surface area contributed by atoms with Crippen LogP contribution in [0.25, 0.3) is 188 Å². The Bertz CT molecular complexity index is 6720. The third-order valence-corrected chi connectivity index (χ3v) is 20.6. The molecule has 102 heavy (non-hydrogen) atoms. The van der Waals surface area contributed by atoms with Crippen molar-refractivity contribution in [3.63, 3.8) is 0 Å². The molecule has 0 bridgehead atoms. The van der Waals surface area contributed by atoms with E-state index in [2.05, 4.69) is 358 Å². The van der Waals surface area contributed by atoms with E-state index in [1.807, 2.05) is 24.3 Å². The third kappa shape index (κ3) is 9.21. The first-order valence-electron chi connectivity index (χ1n) is 34.6. The predicted octanol–water partition coefficient (Wildman–Crippen LogP) is 24.4. The largest absolute Gasteiger partial charge is 0.306 e. The Morgan fingerprint density at radius 2 is 0.471 bits per heavy atom. The zero-order valence-electron chi connectivity index (χ0n) is 55.2. The first-order chi connectivity index (χ1) is 50.6. The van der Waals surface area contributed by atoms with Crippen molar-refractivity contribution >= 4 is 87.2 Å². The van der Waals surface area contributed by atoms with Crippen molar-refractivity contribution in [1.29, 1.82) is 5.26 Å². The quantitative estimate of drug-likeness (QED) is 0.130. The van der Waals surface area contributed by atoms with Gasteiger partial charge in [-0.25, -0.2) is 9.97 Å². The molecule has 0 atom stereocenters. The SMILES string of the molecule is N#Cc1c(-c2cc(-c3ccccc3)nc(-c3ccccc3)n2)c(-n2c3ccccc3c3cc(-c4ccccc4)ccc32)c(-n2c3ccccc3c3cc(-c4ccccc4)ccc32)c(-n2c3ccccc3c3cc(-c4ccccc4)ccc32)c1-n1c2ccccc2c2cc(-c3ccccc3)ccc21. The first kappa shape index (κ1) is 58.2. The van der Waals surface area contributed by atoms with Gasteiger partial charge < -0.3 is 18.3 Å². The lowest BCUT2D eigenvalue weighted by molar-refractivity contribution is 1.02. The fourth-order valence-electron chi connectivity index (χ4n) is 16.1. The Hall–Kier alpha value is -13.9. The number of para-hydroxylation sites is 4. The molecular formula is C95H59N7. The highest BCUT2D eigenvalue weighted by Gasteiger charge is 2.36. The summed E-state index contributed by atoms with van der Waals surface area (Å²) < 4.78 is 9.88. The Kier molecular flexibility index (Phi) is 13.5. The van der Waals surface area contributed by atoms with Crippen LogP contribution in [0.2, 0.25) is 0 Å². The second-order valence-corrected chi connectivity index (χ2v) is 26.3. The van der Waals surface area contributed by atoms with Crippen molar-refractivity contribution in [2.24, 2.45) is 0 Å². The molecule has 0 aliphatic carbocycles. The summed E-state index contributed by atoms with van der Waals surface area (Å²) >= 11 is 0. The van der Waals surface area contributed by atoms with Gasteiger partial charge in [0.1, 0.15) is 6.07 Å². The van der Waals surface area contributed by atoms with Crippen molar-refractivity contribution in [3.8, 4) is 107 Å². The number of rotatable bonds is 11. The predicted molar refractivity (Wildman–Crippen MR) is 422 cm³/mol. The van der Waals surface area contributed by atoms with Crippen LogP contribution in [0.1, 0.15) is 5.56 Å². The lowest BCUT2D eigenvalue weighted by atomic mass is 9.94. The minimum absolute atomic E-state index is 0.418. The van der Waals surface area contributed by atoms with Crippen LogP contribution in [0, 0.1) is 11.3 Å². The molecule has 20 rings (SSSR count). The molecule has 5 heterocycles. The van der Waals surface area contributed by atoms with Crippen LogP contribution in [-0.2, 0) is 0 Å². The summed E-state index contributed by atoms with van der Waals surface area (Å²) in [4.78, 5) is 11.4. The van der Waals surface area contributed by atoms with Gasteiger partial charge in [-0.3, -0.25) is 0 Å². The van der Waals surface area contributed by atoms with Gasteiger partial charge in [0.05, 0.1) is 83.8 Å². The van der Waals surface area contributed by atoms with Gasteiger partial charge in [-0.1, -0.05) is 279 Å². The molecule has 7 heteroatoms. The normalized spacial score (nSPS) is 11.7. The van der Waals surface area contributed by atoms with Gasteiger partial charge >= 0.3 is 0 Å². The highest BCUT2D eigenvalue weighted by Crippen LogP contribution is 2.53. The molecular weight excluding hydrogens is 1240 g/mol. The second-order valence-electron chi connectivity index (χ2n) is 26.3. The van der Waals surface area contributed by atoms with Gasteiger partial charge in [-0.2, -0.15) is 5.26 Å². The summed E-state index contributed by atoms with van der Waals surface area (Å²) in [5.41, 5.74) is 23.7. The van der Waals surface area contributed by atoms with Crippen molar-refractivity contribution in [2.45, 2.75) is 0 Å². The molecule has 0 unspecified atom stereocenters. The first-order valence-corrected chi connectivity index (χ1v) is 34.6. The van der Waals surface area contributed by atoms with E-state index in [9.17, 15) is 5.26 Å². The van der Waals surface area contributed by atoms with Crippen LogP contribution in [0.15, 0.2) is 358 Å². The maximum Gasteiger partial charge on any atom is 0.160 e. The molecule has 0 spiro atoms. The number of hydrogen-bond donors (Lipinski definition) is 0. The fraction of sp³-hybridized carbons (Fsp3) is 0. The second kappa shape index (κ2) is 23.7. The van der Waals surface area contributed by atoms with E-state index in [-0.39, 0.29) is 0 Å². The van der Waals surface area contributed by atoms with Crippen LogP contribution >= 0.6 is 0 Å². The number of benzene rings is 15. The van der Waals surface area contributed by atoms with E-state index in [1.54, 1.807) is 0 Å². The molecule has 20 aromatic rings. The Morgan fingerprint density at radius 1 is 0.206 bits per heavy atom. The average Bonchev–Trinajstić information content (AvgIpc) is 1.48. The molecule has 7 nitrogen and oxygen atoms in total. The molecule has 0 radical (unpaired) electrons. The zero-order valence-corrected chi connectivity index (χ0v) is 55.2. The molecule has 474 valence electrons. The maximum atomic E-state index is 13.6. The Morgan fingerprint density at radius 3 is 0.814 bits per heavy atom. The Labute approximate surface area is 587 Å². The van der Waals surface area contributed by atoms with Crippen LogP contribution in [0.4, 0.5) is 0 Å². The van der Waals surface area contributed by atoms with E-state index in [0.717, 1.165) is 160 Å². The highest BCUT2D eigenvalue weighted by molar-refractivity contribution is 6.18. The Balaban J connectivity index is 1.08. The summed E-state index contributed by atoms with van der Waals surface area (Å²) in [7, 11) is 0.